The highest BCUT2D eigenvalue weighted by molar-refractivity contribution is 6.08. The van der Waals surface area contributed by atoms with Gasteiger partial charge in [-0.1, -0.05) is 18.2 Å². The molecule has 2 aliphatic heterocycles. The van der Waals surface area contributed by atoms with Gasteiger partial charge in [0.05, 0.1) is 5.41 Å². The summed E-state index contributed by atoms with van der Waals surface area (Å²) in [5.74, 6) is 0.102. The van der Waals surface area contributed by atoms with Crippen molar-refractivity contribution in [2.75, 3.05) is 31.6 Å². The summed E-state index contributed by atoms with van der Waals surface area (Å²) in [5, 5.41) is 2.81. The molecule has 3 amide bonds. The minimum absolute atomic E-state index is 0.0794. The van der Waals surface area contributed by atoms with Crippen LogP contribution in [0, 0.1) is 0 Å². The molecule has 2 aliphatic rings. The number of urea groups is 1. The molecule has 2 heterocycles. The minimum atomic E-state index is -0.545. The third kappa shape index (κ3) is 1.62. The van der Waals surface area contributed by atoms with Gasteiger partial charge in [0.15, 0.2) is 0 Å². The molecule has 3 rings (SSSR count). The van der Waals surface area contributed by atoms with E-state index in [1.54, 1.807) is 9.80 Å². The van der Waals surface area contributed by atoms with Gasteiger partial charge in [0.1, 0.15) is 0 Å². The fraction of sp³-hybridized carbons (Fsp3) is 0.467. The van der Waals surface area contributed by atoms with Gasteiger partial charge < -0.3 is 15.1 Å². The van der Waals surface area contributed by atoms with E-state index in [9.17, 15) is 9.59 Å². The van der Waals surface area contributed by atoms with Crippen LogP contribution in [0.5, 0.6) is 0 Å². The summed E-state index contributed by atoms with van der Waals surface area (Å²) in [6, 6.07) is 7.80. The van der Waals surface area contributed by atoms with Crippen LogP contribution in [0.1, 0.15) is 18.9 Å². The Hall–Kier alpha value is -2.04. The maximum atomic E-state index is 12.7. The quantitative estimate of drug-likeness (QED) is 0.839. The zero-order chi connectivity index (χ0) is 14.3. The number of para-hydroxylation sites is 1. The van der Waals surface area contributed by atoms with Gasteiger partial charge in [-0.25, -0.2) is 4.79 Å². The molecular weight excluding hydrogens is 254 g/mol. The monoisotopic (exact) mass is 273 g/mol. The summed E-state index contributed by atoms with van der Waals surface area (Å²) in [5.41, 5.74) is 1.48. The Labute approximate surface area is 118 Å². The van der Waals surface area contributed by atoms with Crippen molar-refractivity contribution in [1.29, 1.82) is 0 Å². The molecule has 1 aromatic carbocycles. The van der Waals surface area contributed by atoms with Crippen molar-refractivity contribution >= 4 is 17.6 Å². The van der Waals surface area contributed by atoms with E-state index < -0.39 is 5.41 Å². The van der Waals surface area contributed by atoms with Crippen molar-refractivity contribution in [3.05, 3.63) is 29.8 Å². The highest BCUT2D eigenvalue weighted by atomic mass is 16.2. The van der Waals surface area contributed by atoms with Crippen LogP contribution in [0.2, 0.25) is 0 Å². The van der Waals surface area contributed by atoms with E-state index in [4.69, 9.17) is 0 Å². The second-order valence-electron chi connectivity index (χ2n) is 5.47. The first-order valence-corrected chi connectivity index (χ1v) is 7.00. The fourth-order valence-electron chi connectivity index (χ4n) is 3.36. The number of hydrogen-bond donors (Lipinski definition) is 1. The van der Waals surface area contributed by atoms with Crippen LogP contribution in [-0.2, 0) is 10.2 Å². The van der Waals surface area contributed by atoms with E-state index in [2.05, 4.69) is 5.32 Å². The normalized spacial score (nSPS) is 24.4. The predicted octanol–water partition coefficient (Wildman–Crippen LogP) is 1.34. The average molecular weight is 273 g/mol. The molecule has 0 aliphatic carbocycles. The SMILES string of the molecule is CCNC(=O)N1CC[C@@]2(C1)C(=O)N(C)c1ccccc12. The van der Waals surface area contributed by atoms with Gasteiger partial charge in [-0.15, -0.1) is 0 Å². The van der Waals surface area contributed by atoms with Crippen LogP contribution < -0.4 is 10.2 Å². The smallest absolute Gasteiger partial charge is 0.317 e. The van der Waals surface area contributed by atoms with E-state index in [0.29, 0.717) is 26.1 Å². The van der Waals surface area contributed by atoms with Crippen LogP contribution in [0.3, 0.4) is 0 Å². The molecule has 1 aromatic rings. The Morgan fingerprint density at radius 1 is 1.40 bits per heavy atom. The summed E-state index contributed by atoms with van der Waals surface area (Å²) in [4.78, 5) is 28.1. The molecule has 1 atom stereocenters. The molecule has 5 heteroatoms. The maximum Gasteiger partial charge on any atom is 0.317 e. The number of carbonyl (C=O) groups is 2. The molecule has 106 valence electrons. The summed E-state index contributed by atoms with van der Waals surface area (Å²) in [6.07, 6.45) is 0.699. The lowest BCUT2D eigenvalue weighted by molar-refractivity contribution is -0.122. The van der Waals surface area contributed by atoms with E-state index in [0.717, 1.165) is 11.3 Å². The van der Waals surface area contributed by atoms with Gasteiger partial charge in [0, 0.05) is 32.4 Å². The van der Waals surface area contributed by atoms with Crippen LogP contribution in [-0.4, -0.2) is 43.5 Å². The summed E-state index contributed by atoms with van der Waals surface area (Å²) in [7, 11) is 1.81. The number of carbonyl (C=O) groups excluding carboxylic acids is 2. The number of anilines is 1. The molecule has 20 heavy (non-hydrogen) atoms. The lowest BCUT2D eigenvalue weighted by Gasteiger charge is -2.23. The summed E-state index contributed by atoms with van der Waals surface area (Å²) >= 11 is 0. The molecule has 1 fully saturated rings. The molecule has 5 nitrogen and oxygen atoms in total. The van der Waals surface area contributed by atoms with Crippen molar-refractivity contribution in [3.8, 4) is 0 Å². The average Bonchev–Trinajstić information content (AvgIpc) is 2.99. The number of hydrogen-bond acceptors (Lipinski definition) is 2. The highest BCUT2D eigenvalue weighted by Crippen LogP contribution is 2.46. The second-order valence-corrected chi connectivity index (χ2v) is 5.47. The second kappa shape index (κ2) is 4.51. The van der Waals surface area contributed by atoms with Crippen molar-refractivity contribution in [2.45, 2.75) is 18.8 Å². The third-order valence-corrected chi connectivity index (χ3v) is 4.38. The summed E-state index contributed by atoms with van der Waals surface area (Å²) in [6.45, 7) is 3.60. The van der Waals surface area contributed by atoms with Gasteiger partial charge in [-0.2, -0.15) is 0 Å². The number of likely N-dealkylation sites (tertiary alicyclic amines) is 1. The molecular formula is C15H19N3O2. The Bertz CT molecular complexity index is 572. The first kappa shape index (κ1) is 13.0. The topological polar surface area (TPSA) is 52.7 Å². The van der Waals surface area contributed by atoms with Gasteiger partial charge in [-0.3, -0.25) is 4.79 Å². The van der Waals surface area contributed by atoms with Gasteiger partial charge in [0.25, 0.3) is 0 Å². The molecule has 0 saturated carbocycles. The number of fused-ring (bicyclic) bond motifs is 2. The van der Waals surface area contributed by atoms with Crippen LogP contribution in [0.25, 0.3) is 0 Å². The van der Waals surface area contributed by atoms with E-state index in [1.807, 2.05) is 38.2 Å². The number of amides is 3. The van der Waals surface area contributed by atoms with Gasteiger partial charge in [-0.05, 0) is 25.0 Å². The predicted molar refractivity (Wildman–Crippen MR) is 76.8 cm³/mol. The Morgan fingerprint density at radius 3 is 2.90 bits per heavy atom. The first-order chi connectivity index (χ1) is 9.60. The number of benzene rings is 1. The van der Waals surface area contributed by atoms with Crippen molar-refractivity contribution in [3.63, 3.8) is 0 Å². The molecule has 1 N–H and O–H groups in total. The Balaban J connectivity index is 1.95. The first-order valence-electron chi connectivity index (χ1n) is 7.00. The number of rotatable bonds is 1. The maximum absolute atomic E-state index is 12.7. The zero-order valence-electron chi connectivity index (χ0n) is 11.8. The van der Waals surface area contributed by atoms with Crippen LogP contribution >= 0.6 is 0 Å². The number of nitrogens with zero attached hydrogens (tertiary/aromatic N) is 2. The van der Waals surface area contributed by atoms with Crippen molar-refractivity contribution < 1.29 is 9.59 Å². The van der Waals surface area contributed by atoms with E-state index in [-0.39, 0.29) is 11.9 Å². The largest absolute Gasteiger partial charge is 0.338 e. The third-order valence-electron chi connectivity index (χ3n) is 4.38. The Kier molecular flexibility index (Phi) is 2.92. The molecule has 0 radical (unpaired) electrons. The lowest BCUT2D eigenvalue weighted by atomic mass is 9.81. The molecule has 1 saturated heterocycles. The standard InChI is InChI=1S/C15H19N3O2/c1-3-16-14(20)18-9-8-15(10-18)11-6-4-5-7-12(11)17(2)13(15)19/h4-7H,3,8-10H2,1-2H3,(H,16,20)/t15-/m0/s1. The molecule has 0 bridgehead atoms. The molecule has 0 aromatic heterocycles. The number of likely N-dealkylation sites (N-methyl/N-ethyl adjacent to an activating group) is 1. The van der Waals surface area contributed by atoms with Gasteiger partial charge in [0.2, 0.25) is 5.91 Å². The zero-order valence-corrected chi connectivity index (χ0v) is 11.8. The lowest BCUT2D eigenvalue weighted by Crippen LogP contribution is -2.44. The van der Waals surface area contributed by atoms with Crippen LogP contribution in [0.4, 0.5) is 10.5 Å². The minimum Gasteiger partial charge on any atom is -0.338 e. The molecule has 0 unspecified atom stereocenters. The van der Waals surface area contributed by atoms with E-state index in [1.165, 1.54) is 0 Å². The molecule has 1 spiro atoms. The van der Waals surface area contributed by atoms with Crippen molar-refractivity contribution in [1.82, 2.24) is 10.2 Å². The highest BCUT2D eigenvalue weighted by Gasteiger charge is 2.54. The van der Waals surface area contributed by atoms with Crippen LogP contribution in [0.15, 0.2) is 24.3 Å². The Morgan fingerprint density at radius 2 is 2.15 bits per heavy atom. The summed E-state index contributed by atoms with van der Waals surface area (Å²) < 4.78 is 0. The fourth-order valence-corrected chi connectivity index (χ4v) is 3.36. The van der Waals surface area contributed by atoms with E-state index >= 15 is 0 Å². The van der Waals surface area contributed by atoms with Gasteiger partial charge >= 0.3 is 6.03 Å². The van der Waals surface area contributed by atoms with Crippen molar-refractivity contribution in [2.24, 2.45) is 0 Å². The number of nitrogens with one attached hydrogen (secondary N) is 1.